The van der Waals surface area contributed by atoms with Gasteiger partial charge in [-0.25, -0.2) is 9.97 Å². The van der Waals surface area contributed by atoms with E-state index in [1.54, 1.807) is 12.4 Å². The molecule has 1 saturated heterocycles. The van der Waals surface area contributed by atoms with Gasteiger partial charge in [0.25, 0.3) is 5.91 Å². The van der Waals surface area contributed by atoms with E-state index in [1.807, 2.05) is 42.5 Å². The summed E-state index contributed by atoms with van der Waals surface area (Å²) in [7, 11) is 0. The Labute approximate surface area is 266 Å². The lowest BCUT2D eigenvalue weighted by Gasteiger charge is -2.34. The Balaban J connectivity index is 1.22. The summed E-state index contributed by atoms with van der Waals surface area (Å²) in [6.45, 7) is 1.86. The first-order valence-electron chi connectivity index (χ1n) is 14.7. The number of piperidine rings is 1. The second-order valence-electron chi connectivity index (χ2n) is 11.0. The van der Waals surface area contributed by atoms with Crippen LogP contribution in [0.15, 0.2) is 97.3 Å². The SMILES string of the molecule is O=C(NCCO)c1cccc(N2CCC(Nc3ncnc4ccc(C(c5ccc(Cl)cc5)c5ccc(Cl)cc5)cc34)CC2)c1. The van der Waals surface area contributed by atoms with Crippen molar-refractivity contribution in [1.82, 2.24) is 15.3 Å². The molecule has 1 aliphatic heterocycles. The first-order chi connectivity index (χ1) is 21.5. The van der Waals surface area contributed by atoms with E-state index in [0.717, 1.165) is 65.0 Å². The smallest absolute Gasteiger partial charge is 0.251 e. The molecule has 0 saturated carbocycles. The minimum absolute atomic E-state index is 0.0216. The van der Waals surface area contributed by atoms with Gasteiger partial charge in [-0.2, -0.15) is 0 Å². The quantitative estimate of drug-likeness (QED) is 0.154. The molecule has 1 amide bonds. The highest BCUT2D eigenvalue weighted by Crippen LogP contribution is 2.36. The molecule has 0 unspecified atom stereocenters. The molecule has 1 aromatic heterocycles. The Morgan fingerprint density at radius 2 is 1.52 bits per heavy atom. The molecule has 0 aliphatic carbocycles. The first kappa shape index (κ1) is 29.9. The highest BCUT2D eigenvalue weighted by atomic mass is 35.5. The lowest BCUT2D eigenvalue weighted by molar-refractivity contribution is 0.0945. The molecule has 3 N–H and O–H groups in total. The van der Waals surface area contributed by atoms with Crippen LogP contribution in [0.1, 0.15) is 45.8 Å². The summed E-state index contributed by atoms with van der Waals surface area (Å²) < 4.78 is 0. The van der Waals surface area contributed by atoms with Gasteiger partial charge in [0, 0.05) is 58.3 Å². The van der Waals surface area contributed by atoms with Crippen LogP contribution >= 0.6 is 23.2 Å². The van der Waals surface area contributed by atoms with Crippen LogP contribution in [0.3, 0.4) is 0 Å². The fourth-order valence-corrected chi connectivity index (χ4v) is 6.10. The van der Waals surface area contributed by atoms with Gasteiger partial charge in [-0.05, 0) is 84.1 Å². The van der Waals surface area contributed by atoms with Crippen molar-refractivity contribution >= 4 is 51.5 Å². The van der Waals surface area contributed by atoms with E-state index in [2.05, 4.69) is 68.0 Å². The van der Waals surface area contributed by atoms with E-state index in [-0.39, 0.29) is 31.0 Å². The lowest BCUT2D eigenvalue weighted by Crippen LogP contribution is -2.39. The van der Waals surface area contributed by atoms with Crippen LogP contribution in [-0.4, -0.2) is 53.3 Å². The van der Waals surface area contributed by atoms with Crippen molar-refractivity contribution in [3.63, 3.8) is 0 Å². The van der Waals surface area contributed by atoms with E-state index >= 15 is 0 Å². The van der Waals surface area contributed by atoms with Gasteiger partial charge in [0.15, 0.2) is 0 Å². The number of benzene rings is 4. The minimum Gasteiger partial charge on any atom is -0.395 e. The van der Waals surface area contributed by atoms with Crippen molar-refractivity contribution in [3.05, 3.63) is 130 Å². The van der Waals surface area contributed by atoms with Gasteiger partial charge in [0.1, 0.15) is 12.1 Å². The summed E-state index contributed by atoms with van der Waals surface area (Å²) in [4.78, 5) is 23.9. The number of fused-ring (bicyclic) bond motifs is 1. The summed E-state index contributed by atoms with van der Waals surface area (Å²) in [5.41, 5.74) is 5.88. The summed E-state index contributed by atoms with van der Waals surface area (Å²) >= 11 is 12.5. The molecule has 6 rings (SSSR count). The number of rotatable bonds is 9. The molecule has 0 bridgehead atoms. The monoisotopic (exact) mass is 625 g/mol. The van der Waals surface area contributed by atoms with Crippen molar-refractivity contribution in [2.45, 2.75) is 24.8 Å². The highest BCUT2D eigenvalue weighted by molar-refractivity contribution is 6.30. The van der Waals surface area contributed by atoms with E-state index in [0.29, 0.717) is 15.6 Å². The van der Waals surface area contributed by atoms with Crippen molar-refractivity contribution in [2.24, 2.45) is 0 Å². The lowest BCUT2D eigenvalue weighted by atomic mass is 9.84. The zero-order valence-electron chi connectivity index (χ0n) is 24.1. The molecule has 224 valence electrons. The molecule has 1 fully saturated rings. The predicted octanol–water partition coefficient (Wildman–Crippen LogP) is 6.92. The van der Waals surface area contributed by atoms with Crippen LogP contribution in [0.2, 0.25) is 10.0 Å². The zero-order valence-corrected chi connectivity index (χ0v) is 25.6. The average Bonchev–Trinajstić information content (AvgIpc) is 3.06. The Hall–Kier alpha value is -4.17. The highest BCUT2D eigenvalue weighted by Gasteiger charge is 2.23. The van der Waals surface area contributed by atoms with Crippen LogP contribution in [0, 0.1) is 0 Å². The number of halogens is 2. The Kier molecular flexibility index (Phi) is 9.26. The molecular formula is C35H33Cl2N5O2. The predicted molar refractivity (Wildman–Crippen MR) is 178 cm³/mol. The number of nitrogens with zero attached hydrogens (tertiary/aromatic N) is 3. The van der Waals surface area contributed by atoms with E-state index in [1.165, 1.54) is 0 Å². The summed E-state index contributed by atoms with van der Waals surface area (Å²) in [5, 5.41) is 17.8. The van der Waals surface area contributed by atoms with Crippen LogP contribution in [0.5, 0.6) is 0 Å². The Morgan fingerprint density at radius 3 is 2.18 bits per heavy atom. The largest absolute Gasteiger partial charge is 0.395 e. The van der Waals surface area contributed by atoms with Gasteiger partial charge in [-0.1, -0.05) is 59.6 Å². The number of nitrogens with one attached hydrogen (secondary N) is 2. The van der Waals surface area contributed by atoms with Gasteiger partial charge in [0.05, 0.1) is 12.1 Å². The van der Waals surface area contributed by atoms with E-state index in [4.69, 9.17) is 28.3 Å². The summed E-state index contributed by atoms with van der Waals surface area (Å²) in [5.74, 6) is 0.623. The number of hydrogen-bond donors (Lipinski definition) is 3. The molecule has 7 nitrogen and oxygen atoms in total. The molecule has 5 aromatic rings. The number of carbonyl (C=O) groups excluding carboxylic acids is 1. The number of amides is 1. The normalized spacial score (nSPS) is 13.8. The maximum Gasteiger partial charge on any atom is 0.251 e. The van der Waals surface area contributed by atoms with Crippen molar-refractivity contribution in [2.75, 3.05) is 36.5 Å². The van der Waals surface area contributed by atoms with Crippen LogP contribution < -0.4 is 15.5 Å². The van der Waals surface area contributed by atoms with Crippen molar-refractivity contribution in [1.29, 1.82) is 0 Å². The number of hydrogen-bond acceptors (Lipinski definition) is 6. The third-order valence-corrected chi connectivity index (χ3v) is 8.61. The number of aromatic nitrogens is 2. The Bertz CT molecular complexity index is 1690. The van der Waals surface area contributed by atoms with E-state index < -0.39 is 0 Å². The fourth-order valence-electron chi connectivity index (χ4n) is 5.85. The van der Waals surface area contributed by atoms with E-state index in [9.17, 15) is 4.79 Å². The van der Waals surface area contributed by atoms with Crippen molar-refractivity contribution in [3.8, 4) is 0 Å². The number of anilines is 2. The fraction of sp³-hybridized carbons (Fsp3) is 0.229. The second-order valence-corrected chi connectivity index (χ2v) is 11.8. The summed E-state index contributed by atoms with van der Waals surface area (Å²) in [6.07, 6.45) is 3.46. The van der Waals surface area contributed by atoms with Gasteiger partial charge < -0.3 is 20.6 Å². The maximum absolute atomic E-state index is 12.4. The molecule has 2 heterocycles. The molecule has 1 aliphatic rings. The van der Waals surface area contributed by atoms with Crippen LogP contribution in [0.4, 0.5) is 11.5 Å². The van der Waals surface area contributed by atoms with Crippen molar-refractivity contribution < 1.29 is 9.90 Å². The third kappa shape index (κ3) is 6.81. The maximum atomic E-state index is 12.4. The average molecular weight is 627 g/mol. The number of carbonyl (C=O) groups is 1. The van der Waals surface area contributed by atoms with Gasteiger partial charge in [-0.15, -0.1) is 0 Å². The number of aliphatic hydroxyl groups is 1. The molecule has 0 atom stereocenters. The third-order valence-electron chi connectivity index (χ3n) is 8.11. The van der Waals surface area contributed by atoms with Crippen LogP contribution in [0.25, 0.3) is 10.9 Å². The minimum atomic E-state index is -0.179. The molecule has 4 aromatic carbocycles. The molecule has 0 radical (unpaired) electrons. The summed E-state index contributed by atoms with van der Waals surface area (Å²) in [6, 6.07) is 30.2. The second kappa shape index (κ2) is 13.6. The Morgan fingerprint density at radius 1 is 0.864 bits per heavy atom. The van der Waals surface area contributed by atoms with Crippen LogP contribution in [-0.2, 0) is 0 Å². The van der Waals surface area contributed by atoms with Gasteiger partial charge >= 0.3 is 0 Å². The van der Waals surface area contributed by atoms with Gasteiger partial charge in [-0.3, -0.25) is 4.79 Å². The topological polar surface area (TPSA) is 90.4 Å². The molecule has 44 heavy (non-hydrogen) atoms. The first-order valence-corrected chi connectivity index (χ1v) is 15.5. The zero-order chi connectivity index (χ0) is 30.5. The molecular weight excluding hydrogens is 593 g/mol. The molecule has 0 spiro atoms. The molecule has 9 heteroatoms. The van der Waals surface area contributed by atoms with Gasteiger partial charge in [0.2, 0.25) is 0 Å². The standard InChI is InChI=1S/C35H33Cl2N5O2/c36-27-9-4-23(5-10-27)33(24-6-11-28(37)12-7-24)25-8-13-32-31(21-25)34(40-22-39-32)41-29-14-17-42(18-15-29)30-3-1-2-26(20-30)35(44)38-16-19-43/h1-13,20-22,29,33,43H,14-19H2,(H,38,44)(H,39,40,41). The number of aliphatic hydroxyl groups excluding tert-OH is 1.